The number of nitrogens with one attached hydrogen (secondary N) is 2. The Balaban J connectivity index is 2.67. The van der Waals surface area contributed by atoms with Crippen LogP contribution < -0.4 is 16.4 Å². The molecule has 5 nitrogen and oxygen atoms in total. The summed E-state index contributed by atoms with van der Waals surface area (Å²) in [5.41, 5.74) is 5.70. The minimum atomic E-state index is -0.789. The first-order valence-electron chi connectivity index (χ1n) is 5.03. The molecule has 0 aliphatic heterocycles. The lowest BCUT2D eigenvalue weighted by Crippen LogP contribution is -2.44. The monoisotopic (exact) mass is 239 g/mol. The van der Waals surface area contributed by atoms with Crippen LogP contribution in [0.3, 0.4) is 0 Å². The lowest BCUT2D eigenvalue weighted by atomic mass is 10.2. The van der Waals surface area contributed by atoms with Gasteiger partial charge in [0, 0.05) is 5.69 Å². The normalized spacial score (nSPS) is 11.7. The number of carbonyl (C=O) groups excluding carboxylic acids is 2. The van der Waals surface area contributed by atoms with Crippen LogP contribution in [0.15, 0.2) is 18.2 Å². The highest BCUT2D eigenvalue weighted by molar-refractivity contribution is 5.96. The first-order valence-corrected chi connectivity index (χ1v) is 5.03. The van der Waals surface area contributed by atoms with Crippen molar-refractivity contribution in [1.29, 1.82) is 0 Å². The average molecular weight is 239 g/mol. The fraction of sp³-hybridized carbons (Fsp3) is 0.273. The minimum Gasteiger partial charge on any atom is -0.352 e. The molecule has 17 heavy (non-hydrogen) atoms. The van der Waals surface area contributed by atoms with E-state index in [0.29, 0.717) is 11.3 Å². The van der Waals surface area contributed by atoms with Crippen molar-refractivity contribution in [1.82, 2.24) is 5.32 Å². The Kier molecular flexibility index (Phi) is 4.03. The van der Waals surface area contributed by atoms with Gasteiger partial charge in [-0.15, -0.1) is 0 Å². The maximum Gasteiger partial charge on any atom is 0.312 e. The zero-order valence-corrected chi connectivity index (χ0v) is 9.58. The Labute approximate surface area is 98.2 Å². The smallest absolute Gasteiger partial charge is 0.312 e. The van der Waals surface area contributed by atoms with Gasteiger partial charge in [-0.1, -0.05) is 6.07 Å². The quantitative estimate of drug-likeness (QED) is 0.738. The summed E-state index contributed by atoms with van der Waals surface area (Å²) in [6, 6.07) is 2.77. The maximum atomic E-state index is 13.2. The largest absolute Gasteiger partial charge is 0.352 e. The van der Waals surface area contributed by atoms with E-state index in [2.05, 4.69) is 10.6 Å². The third kappa shape index (κ3) is 3.75. The van der Waals surface area contributed by atoms with Crippen molar-refractivity contribution in [2.24, 2.45) is 5.73 Å². The van der Waals surface area contributed by atoms with Crippen LogP contribution in [0.4, 0.5) is 14.9 Å². The summed E-state index contributed by atoms with van der Waals surface area (Å²) in [7, 11) is 0. The molecule has 3 amide bonds. The zero-order chi connectivity index (χ0) is 13.0. The van der Waals surface area contributed by atoms with E-state index in [1.807, 2.05) is 0 Å². The van der Waals surface area contributed by atoms with E-state index < -0.39 is 23.8 Å². The van der Waals surface area contributed by atoms with Gasteiger partial charge in [0.15, 0.2) is 0 Å². The average Bonchev–Trinajstić information content (AvgIpc) is 2.22. The standard InChI is InChI=1S/C11H14FN3O2/c1-6-3-4-8(5-9(6)12)15-10(16)7(2)14-11(13)17/h3-5,7H,1-2H3,(H,15,16)(H3,13,14,17). The van der Waals surface area contributed by atoms with Crippen molar-refractivity contribution in [2.45, 2.75) is 19.9 Å². The molecule has 0 spiro atoms. The summed E-state index contributed by atoms with van der Waals surface area (Å²) >= 11 is 0. The summed E-state index contributed by atoms with van der Waals surface area (Å²) in [6.07, 6.45) is 0. The Morgan fingerprint density at radius 3 is 2.59 bits per heavy atom. The molecule has 0 saturated heterocycles. The van der Waals surface area contributed by atoms with E-state index in [9.17, 15) is 14.0 Å². The first-order chi connectivity index (χ1) is 7.90. The lowest BCUT2D eigenvalue weighted by molar-refractivity contribution is -0.117. The van der Waals surface area contributed by atoms with Crippen molar-refractivity contribution in [3.63, 3.8) is 0 Å². The highest BCUT2D eigenvalue weighted by Gasteiger charge is 2.14. The maximum absolute atomic E-state index is 13.2. The van der Waals surface area contributed by atoms with Gasteiger partial charge in [-0.05, 0) is 31.5 Å². The third-order valence-corrected chi connectivity index (χ3v) is 2.19. The van der Waals surface area contributed by atoms with Gasteiger partial charge >= 0.3 is 6.03 Å². The molecule has 0 aliphatic carbocycles. The molecule has 0 radical (unpaired) electrons. The van der Waals surface area contributed by atoms with Crippen molar-refractivity contribution >= 4 is 17.6 Å². The Morgan fingerprint density at radius 1 is 1.41 bits per heavy atom. The van der Waals surface area contributed by atoms with Crippen molar-refractivity contribution < 1.29 is 14.0 Å². The number of benzene rings is 1. The number of amides is 3. The van der Waals surface area contributed by atoms with Crippen LogP contribution in [-0.4, -0.2) is 18.0 Å². The third-order valence-electron chi connectivity index (χ3n) is 2.19. The highest BCUT2D eigenvalue weighted by atomic mass is 19.1. The van der Waals surface area contributed by atoms with Gasteiger partial charge in [-0.2, -0.15) is 0 Å². The lowest BCUT2D eigenvalue weighted by Gasteiger charge is -2.12. The Bertz CT molecular complexity index is 448. The molecule has 0 aromatic heterocycles. The van der Waals surface area contributed by atoms with E-state index in [4.69, 9.17) is 5.73 Å². The van der Waals surface area contributed by atoms with Crippen molar-refractivity contribution in [3.8, 4) is 0 Å². The van der Waals surface area contributed by atoms with Gasteiger partial charge in [0.2, 0.25) is 5.91 Å². The van der Waals surface area contributed by atoms with Crippen LogP contribution in [-0.2, 0) is 4.79 Å². The molecule has 1 unspecified atom stereocenters. The first kappa shape index (κ1) is 13.0. The number of hydrogen-bond donors (Lipinski definition) is 3. The molecule has 1 rings (SSSR count). The van der Waals surface area contributed by atoms with Crippen LogP contribution in [0.25, 0.3) is 0 Å². The summed E-state index contributed by atoms with van der Waals surface area (Å²) in [5.74, 6) is -0.870. The molecule has 1 aromatic carbocycles. The Hall–Kier alpha value is -2.11. The van der Waals surface area contributed by atoms with E-state index in [1.165, 1.54) is 13.0 Å². The number of primary amides is 1. The van der Waals surface area contributed by atoms with Crippen LogP contribution in [0, 0.1) is 12.7 Å². The van der Waals surface area contributed by atoms with Gasteiger partial charge in [-0.3, -0.25) is 4.79 Å². The minimum absolute atomic E-state index is 0.330. The van der Waals surface area contributed by atoms with E-state index in [0.717, 1.165) is 0 Å². The molecule has 1 aromatic rings. The number of rotatable bonds is 3. The highest BCUT2D eigenvalue weighted by Crippen LogP contribution is 2.13. The topological polar surface area (TPSA) is 84.2 Å². The van der Waals surface area contributed by atoms with E-state index in [1.54, 1.807) is 19.1 Å². The second-order valence-corrected chi connectivity index (χ2v) is 3.68. The second-order valence-electron chi connectivity index (χ2n) is 3.68. The Morgan fingerprint density at radius 2 is 2.06 bits per heavy atom. The van der Waals surface area contributed by atoms with Gasteiger partial charge < -0.3 is 16.4 Å². The molecule has 0 bridgehead atoms. The number of aryl methyl sites for hydroxylation is 1. The molecule has 0 aliphatic rings. The molecule has 6 heteroatoms. The number of nitrogens with two attached hydrogens (primary N) is 1. The van der Waals surface area contributed by atoms with Crippen LogP contribution in [0.1, 0.15) is 12.5 Å². The number of urea groups is 1. The predicted molar refractivity (Wildman–Crippen MR) is 61.9 cm³/mol. The number of anilines is 1. The molecule has 92 valence electrons. The summed E-state index contributed by atoms with van der Waals surface area (Å²) < 4.78 is 13.2. The van der Waals surface area contributed by atoms with E-state index >= 15 is 0 Å². The molecule has 0 fully saturated rings. The van der Waals surface area contributed by atoms with Crippen molar-refractivity contribution in [2.75, 3.05) is 5.32 Å². The molecule has 1 atom stereocenters. The van der Waals surface area contributed by atoms with Gasteiger partial charge in [0.25, 0.3) is 0 Å². The van der Waals surface area contributed by atoms with Gasteiger partial charge in [0.05, 0.1) is 0 Å². The summed E-state index contributed by atoms with van der Waals surface area (Å²) in [6.45, 7) is 3.10. The van der Waals surface area contributed by atoms with E-state index in [-0.39, 0.29) is 0 Å². The van der Waals surface area contributed by atoms with Gasteiger partial charge in [-0.25, -0.2) is 9.18 Å². The van der Waals surface area contributed by atoms with Crippen LogP contribution in [0.5, 0.6) is 0 Å². The van der Waals surface area contributed by atoms with Gasteiger partial charge in [0.1, 0.15) is 11.9 Å². The molecule has 4 N–H and O–H groups in total. The number of carbonyl (C=O) groups is 2. The number of halogens is 1. The molecular formula is C11H14FN3O2. The summed E-state index contributed by atoms with van der Waals surface area (Å²) in [4.78, 5) is 22.1. The predicted octanol–water partition coefficient (Wildman–Crippen LogP) is 1.13. The fourth-order valence-electron chi connectivity index (χ4n) is 1.20. The zero-order valence-electron chi connectivity index (χ0n) is 9.58. The van der Waals surface area contributed by atoms with Crippen molar-refractivity contribution in [3.05, 3.63) is 29.6 Å². The number of hydrogen-bond acceptors (Lipinski definition) is 2. The van der Waals surface area contributed by atoms with Crippen LogP contribution in [0.2, 0.25) is 0 Å². The molecule has 0 heterocycles. The molecular weight excluding hydrogens is 225 g/mol. The molecule has 0 saturated carbocycles. The SMILES string of the molecule is Cc1ccc(NC(=O)C(C)NC(N)=O)cc1F. The van der Waals surface area contributed by atoms with Crippen LogP contribution >= 0.6 is 0 Å². The fourth-order valence-corrected chi connectivity index (χ4v) is 1.20. The summed E-state index contributed by atoms with van der Waals surface area (Å²) in [5, 5.41) is 4.69. The second kappa shape index (κ2) is 5.29.